The summed E-state index contributed by atoms with van der Waals surface area (Å²) < 4.78 is 0. The molecule has 1 heterocycles. The smallest absolute Gasteiger partial charge is 0.0994 e. The van der Waals surface area contributed by atoms with Crippen LogP contribution in [0.5, 0.6) is 0 Å². The zero-order valence-electron chi connectivity index (χ0n) is 10.9. The van der Waals surface area contributed by atoms with E-state index in [0.717, 1.165) is 30.0 Å². The Balaban J connectivity index is 2.29. The molecule has 0 unspecified atom stereocenters. The van der Waals surface area contributed by atoms with Gasteiger partial charge in [0.2, 0.25) is 0 Å². The predicted molar refractivity (Wildman–Crippen MR) is 78.5 cm³/mol. The number of benzene rings is 1. The second-order valence-corrected chi connectivity index (χ2v) is 6.95. The maximum Gasteiger partial charge on any atom is 0.0994 e. The van der Waals surface area contributed by atoms with Crippen molar-refractivity contribution in [2.24, 2.45) is 5.92 Å². The third-order valence-corrected chi connectivity index (χ3v) is 4.97. The zero-order chi connectivity index (χ0) is 13.2. The van der Waals surface area contributed by atoms with Crippen molar-refractivity contribution in [3.05, 3.63) is 34.9 Å². The molecule has 1 fully saturated rings. The fourth-order valence-corrected chi connectivity index (χ4v) is 4.14. The van der Waals surface area contributed by atoms with Crippen LogP contribution >= 0.6 is 23.4 Å². The number of thioether (sulfide) groups is 1. The first kappa shape index (κ1) is 14.2. The average molecular weight is 287 g/mol. The van der Waals surface area contributed by atoms with Gasteiger partial charge in [0.15, 0.2) is 0 Å². The van der Waals surface area contributed by atoms with Crippen LogP contribution in [0.3, 0.4) is 0 Å². The summed E-state index contributed by atoms with van der Waals surface area (Å²) in [6.45, 7) is 0.982. The minimum Gasteiger partial charge on any atom is -0.385 e. The molecule has 0 spiro atoms. The summed E-state index contributed by atoms with van der Waals surface area (Å²) in [6, 6.07) is 7.70. The Morgan fingerprint density at radius 1 is 1.50 bits per heavy atom. The van der Waals surface area contributed by atoms with E-state index in [1.807, 2.05) is 36.0 Å². The average Bonchev–Trinajstić information content (AvgIpc) is 2.32. The summed E-state index contributed by atoms with van der Waals surface area (Å²) >= 11 is 8.00. The molecular weight excluding hydrogens is 266 g/mol. The maximum absolute atomic E-state index is 11.1. The number of rotatable bonds is 3. The second kappa shape index (κ2) is 5.83. The molecule has 1 aromatic rings. The molecule has 4 heteroatoms. The van der Waals surface area contributed by atoms with Gasteiger partial charge >= 0.3 is 0 Å². The minimum atomic E-state index is -0.715. The summed E-state index contributed by atoms with van der Waals surface area (Å²) in [4.78, 5) is 1.38. The highest BCUT2D eigenvalue weighted by atomic mass is 35.5. The van der Waals surface area contributed by atoms with E-state index in [2.05, 4.69) is 14.1 Å². The number of hydrogen-bond acceptors (Lipinski definition) is 2. The largest absolute Gasteiger partial charge is 0.385 e. The molecule has 1 aromatic carbocycles. The van der Waals surface area contributed by atoms with Crippen molar-refractivity contribution in [2.45, 2.75) is 12.0 Å². The number of nitrogens with one attached hydrogen (secondary N) is 1. The molecule has 2 N–H and O–H groups in total. The third-order valence-electron chi connectivity index (χ3n) is 3.60. The van der Waals surface area contributed by atoms with Gasteiger partial charge in [0.1, 0.15) is 0 Å². The molecule has 1 aliphatic heterocycles. The quantitative estimate of drug-likeness (QED) is 0.879. The van der Waals surface area contributed by atoms with Gasteiger partial charge in [0, 0.05) is 10.8 Å². The van der Waals surface area contributed by atoms with Crippen LogP contribution in [0.4, 0.5) is 0 Å². The highest BCUT2D eigenvalue weighted by Crippen LogP contribution is 2.40. The molecule has 2 atom stereocenters. The molecule has 0 saturated carbocycles. The van der Waals surface area contributed by atoms with Gasteiger partial charge in [-0.15, -0.1) is 0 Å². The summed E-state index contributed by atoms with van der Waals surface area (Å²) in [7, 11) is 4.27. The molecule has 0 radical (unpaired) electrons. The zero-order valence-corrected chi connectivity index (χ0v) is 12.5. The predicted octanol–water partition coefficient (Wildman–Crippen LogP) is 1.43. The van der Waals surface area contributed by atoms with E-state index < -0.39 is 5.60 Å². The molecule has 2 rings (SSSR count). The molecule has 1 saturated heterocycles. The third kappa shape index (κ3) is 3.02. The Hall–Kier alpha value is -0.220. The van der Waals surface area contributed by atoms with Crippen molar-refractivity contribution >= 4 is 23.4 Å². The van der Waals surface area contributed by atoms with E-state index in [-0.39, 0.29) is 0 Å². The fraction of sp³-hybridized carbons (Fsp3) is 0.571. The van der Waals surface area contributed by atoms with Crippen LogP contribution in [0.15, 0.2) is 24.3 Å². The van der Waals surface area contributed by atoms with Crippen molar-refractivity contribution < 1.29 is 10.0 Å². The Morgan fingerprint density at radius 2 is 2.28 bits per heavy atom. The molecule has 0 bridgehead atoms. The summed E-state index contributed by atoms with van der Waals surface area (Å²) in [5, 5.41) is 11.8. The van der Waals surface area contributed by atoms with Gasteiger partial charge in [-0.3, -0.25) is 0 Å². The van der Waals surface area contributed by atoms with Crippen LogP contribution in [0.2, 0.25) is 5.02 Å². The number of aliphatic hydroxyl groups is 1. The van der Waals surface area contributed by atoms with Crippen LogP contribution in [0.1, 0.15) is 12.0 Å². The van der Waals surface area contributed by atoms with Gasteiger partial charge in [0.25, 0.3) is 0 Å². The summed E-state index contributed by atoms with van der Waals surface area (Å²) in [5.74, 6) is 2.33. The molecule has 0 amide bonds. The Kier molecular flexibility index (Phi) is 4.59. The lowest BCUT2D eigenvalue weighted by molar-refractivity contribution is -0.863. The van der Waals surface area contributed by atoms with E-state index in [0.29, 0.717) is 10.9 Å². The van der Waals surface area contributed by atoms with Gasteiger partial charge in [-0.25, -0.2) is 0 Å². The van der Waals surface area contributed by atoms with E-state index in [4.69, 9.17) is 11.6 Å². The maximum atomic E-state index is 11.1. The Bertz CT molecular complexity index is 413. The van der Waals surface area contributed by atoms with Gasteiger partial charge in [-0.1, -0.05) is 23.7 Å². The molecule has 2 nitrogen and oxygen atoms in total. The van der Waals surface area contributed by atoms with Crippen LogP contribution in [-0.4, -0.2) is 37.3 Å². The first-order valence-electron chi connectivity index (χ1n) is 6.37. The van der Waals surface area contributed by atoms with E-state index in [9.17, 15) is 5.11 Å². The Labute approximate surface area is 118 Å². The first-order chi connectivity index (χ1) is 8.52. The molecular formula is C14H21ClNOS+. The van der Waals surface area contributed by atoms with Gasteiger partial charge in [0.05, 0.1) is 32.2 Å². The minimum absolute atomic E-state index is 0.291. The van der Waals surface area contributed by atoms with Crippen molar-refractivity contribution in [1.29, 1.82) is 0 Å². The second-order valence-electron chi connectivity index (χ2n) is 5.37. The van der Waals surface area contributed by atoms with E-state index in [1.165, 1.54) is 4.90 Å². The highest BCUT2D eigenvalue weighted by molar-refractivity contribution is 7.99. The van der Waals surface area contributed by atoms with Crippen LogP contribution in [-0.2, 0) is 5.60 Å². The molecule has 1 aliphatic rings. The number of hydrogen-bond donors (Lipinski definition) is 2. The lowest BCUT2D eigenvalue weighted by Crippen LogP contribution is -3.07. The number of quaternary nitrogens is 1. The van der Waals surface area contributed by atoms with Crippen molar-refractivity contribution in [3.8, 4) is 0 Å². The molecule has 18 heavy (non-hydrogen) atoms. The fourth-order valence-electron chi connectivity index (χ4n) is 2.65. The Morgan fingerprint density at radius 3 is 2.94 bits per heavy atom. The van der Waals surface area contributed by atoms with Crippen molar-refractivity contribution in [3.63, 3.8) is 0 Å². The van der Waals surface area contributed by atoms with Crippen molar-refractivity contribution in [1.82, 2.24) is 0 Å². The highest BCUT2D eigenvalue weighted by Gasteiger charge is 2.42. The summed E-state index contributed by atoms with van der Waals surface area (Å²) in [5.41, 5.74) is 0.259. The van der Waals surface area contributed by atoms with Gasteiger partial charge in [-0.05, 0) is 29.9 Å². The first-order valence-corrected chi connectivity index (χ1v) is 7.91. The van der Waals surface area contributed by atoms with Gasteiger partial charge in [-0.2, -0.15) is 11.8 Å². The van der Waals surface area contributed by atoms with Gasteiger partial charge < -0.3 is 10.0 Å². The lowest BCUT2D eigenvalue weighted by Gasteiger charge is -2.40. The molecule has 100 valence electrons. The van der Waals surface area contributed by atoms with Crippen LogP contribution in [0.25, 0.3) is 0 Å². The monoisotopic (exact) mass is 286 g/mol. The topological polar surface area (TPSA) is 24.7 Å². The lowest BCUT2D eigenvalue weighted by atomic mass is 9.79. The van der Waals surface area contributed by atoms with E-state index >= 15 is 0 Å². The van der Waals surface area contributed by atoms with Crippen LogP contribution < -0.4 is 4.90 Å². The molecule has 0 aliphatic carbocycles. The standard InChI is InChI=1S/C14H20ClNOS/c1-16(2)9-12-10-18-7-6-14(12,17)11-4-3-5-13(15)8-11/h3-5,8,12,17H,6-7,9-10H2,1-2H3/p+1/t12-,14+/m1/s1. The SMILES string of the molecule is C[NH+](C)C[C@@H]1CSCC[C@]1(O)c1cccc(Cl)c1. The summed E-state index contributed by atoms with van der Waals surface area (Å²) in [6.07, 6.45) is 0.815. The van der Waals surface area contributed by atoms with E-state index in [1.54, 1.807) is 0 Å². The normalized spacial score (nSPS) is 28.6. The van der Waals surface area contributed by atoms with Crippen LogP contribution in [0, 0.1) is 5.92 Å². The van der Waals surface area contributed by atoms with Crippen molar-refractivity contribution in [2.75, 3.05) is 32.1 Å². The molecule has 0 aromatic heterocycles. The number of halogens is 1.